The molecule has 0 aliphatic heterocycles. The van der Waals surface area contributed by atoms with E-state index in [1.54, 1.807) is 0 Å². The highest BCUT2D eigenvalue weighted by atomic mass is 19.3. The second kappa shape index (κ2) is 6.73. The van der Waals surface area contributed by atoms with Crippen LogP contribution in [0.25, 0.3) is 0 Å². The van der Waals surface area contributed by atoms with Gasteiger partial charge in [0.25, 0.3) is 11.8 Å². The summed E-state index contributed by atoms with van der Waals surface area (Å²) in [6, 6.07) is 3.84. The summed E-state index contributed by atoms with van der Waals surface area (Å²) in [4.78, 5) is 23.2. The number of carbonyl (C=O) groups excluding carboxylic acids is 2. The number of nitrogens with one attached hydrogen (secondary N) is 1. The van der Waals surface area contributed by atoms with Gasteiger partial charge in [-0.3, -0.25) is 9.59 Å². The number of Topliss-reactive ketones (excluding diaryl/α,β-unsaturated/α-hetero) is 1. The number of ketones is 1. The molecule has 7 heteroatoms. The van der Waals surface area contributed by atoms with Gasteiger partial charge in [0, 0.05) is 24.7 Å². The van der Waals surface area contributed by atoms with Gasteiger partial charge in [0.05, 0.1) is 0 Å². The Morgan fingerprint density at radius 1 is 1.43 bits per heavy atom. The van der Waals surface area contributed by atoms with Gasteiger partial charge in [-0.15, -0.1) is 0 Å². The number of likely N-dealkylation sites (N-methyl/N-ethyl adjacent to an activating group) is 1. The third-order valence-electron chi connectivity index (χ3n) is 3.00. The van der Waals surface area contributed by atoms with Gasteiger partial charge in [-0.05, 0) is 19.1 Å². The van der Waals surface area contributed by atoms with Gasteiger partial charge in [-0.1, -0.05) is 19.1 Å². The predicted molar refractivity (Wildman–Crippen MR) is 73.3 cm³/mol. The van der Waals surface area contributed by atoms with E-state index >= 15 is 0 Å². The van der Waals surface area contributed by atoms with E-state index in [-0.39, 0.29) is 17.7 Å². The van der Waals surface area contributed by atoms with Crippen LogP contribution in [-0.4, -0.2) is 35.1 Å². The molecule has 21 heavy (non-hydrogen) atoms. The van der Waals surface area contributed by atoms with Crippen molar-refractivity contribution in [3.8, 4) is 0 Å². The van der Waals surface area contributed by atoms with Crippen LogP contribution in [0.2, 0.25) is 0 Å². The van der Waals surface area contributed by atoms with Gasteiger partial charge in [0.1, 0.15) is 0 Å². The number of halogens is 2. The first-order valence-electron chi connectivity index (χ1n) is 6.40. The van der Waals surface area contributed by atoms with E-state index < -0.39 is 23.7 Å². The van der Waals surface area contributed by atoms with Gasteiger partial charge >= 0.3 is 0 Å². The quantitative estimate of drug-likeness (QED) is 0.625. The Balaban J connectivity index is 2.96. The van der Waals surface area contributed by atoms with E-state index in [0.29, 0.717) is 5.06 Å². The highest BCUT2D eigenvalue weighted by molar-refractivity contribution is 6.09. The summed E-state index contributed by atoms with van der Waals surface area (Å²) in [6.07, 6.45) is -0.361. The number of rotatable bonds is 6. The molecule has 1 atom stereocenters. The number of hydrogen-bond donors (Lipinski definition) is 2. The van der Waals surface area contributed by atoms with Crippen LogP contribution in [0, 0.1) is 0 Å². The first-order valence-corrected chi connectivity index (χ1v) is 6.40. The van der Waals surface area contributed by atoms with Crippen molar-refractivity contribution in [1.82, 2.24) is 5.06 Å². The van der Waals surface area contributed by atoms with E-state index in [9.17, 15) is 23.6 Å². The predicted octanol–water partition coefficient (Wildman–Crippen LogP) is 2.41. The minimum absolute atomic E-state index is 0.138. The number of benzene rings is 1. The Kier molecular flexibility index (Phi) is 5.51. The van der Waals surface area contributed by atoms with Gasteiger partial charge in [0.2, 0.25) is 0 Å². The summed E-state index contributed by atoms with van der Waals surface area (Å²) in [5.74, 6) is -4.34. The van der Waals surface area contributed by atoms with Crippen molar-refractivity contribution in [2.75, 3.05) is 12.4 Å². The van der Waals surface area contributed by atoms with E-state index in [4.69, 9.17) is 0 Å². The number of alkyl halides is 2. The molecule has 1 unspecified atom stereocenters. The number of amides is 1. The van der Waals surface area contributed by atoms with Gasteiger partial charge in [0.15, 0.2) is 11.8 Å². The van der Waals surface area contributed by atoms with Crippen molar-refractivity contribution >= 4 is 17.4 Å². The first kappa shape index (κ1) is 17.2. The molecule has 0 bridgehead atoms. The Morgan fingerprint density at radius 2 is 2.05 bits per heavy atom. The normalized spacial score (nSPS) is 13.1. The maximum absolute atomic E-state index is 13.6. The zero-order chi connectivity index (χ0) is 16.2. The molecular formula is C14H18F2N2O3. The minimum atomic E-state index is -2.99. The van der Waals surface area contributed by atoms with Crippen LogP contribution >= 0.6 is 0 Å². The largest absolute Gasteiger partial charge is 0.324 e. The highest BCUT2D eigenvalue weighted by Crippen LogP contribution is 2.32. The Hall–Kier alpha value is -1.86. The van der Waals surface area contributed by atoms with Crippen LogP contribution in [0.3, 0.4) is 0 Å². The SMILES string of the molecule is CCC(F)(F)c1cccc(NC(=O)C(C(C)=O)N(C)O)c1. The number of carbonyl (C=O) groups is 2. The summed E-state index contributed by atoms with van der Waals surface area (Å²) in [5, 5.41) is 12.1. The monoisotopic (exact) mass is 300 g/mol. The fraction of sp³-hybridized carbons (Fsp3) is 0.429. The molecule has 1 amide bonds. The number of hydroxylamine groups is 2. The maximum Gasteiger partial charge on any atom is 0.273 e. The van der Waals surface area contributed by atoms with Crippen molar-refractivity contribution in [2.24, 2.45) is 0 Å². The fourth-order valence-corrected chi connectivity index (χ4v) is 1.86. The van der Waals surface area contributed by atoms with Crippen LogP contribution in [0.5, 0.6) is 0 Å². The molecule has 2 N–H and O–H groups in total. The molecule has 0 saturated carbocycles. The van der Waals surface area contributed by atoms with Crippen molar-refractivity contribution in [3.05, 3.63) is 29.8 Å². The van der Waals surface area contributed by atoms with E-state index in [1.165, 1.54) is 25.1 Å². The molecular weight excluding hydrogens is 282 g/mol. The number of hydrogen-bond acceptors (Lipinski definition) is 4. The topological polar surface area (TPSA) is 69.6 Å². The molecule has 0 spiro atoms. The summed E-state index contributed by atoms with van der Waals surface area (Å²) in [5.41, 5.74) is -0.0850. The van der Waals surface area contributed by atoms with Gasteiger partial charge < -0.3 is 10.5 Å². The second-order valence-electron chi connectivity index (χ2n) is 4.71. The maximum atomic E-state index is 13.6. The van der Waals surface area contributed by atoms with E-state index in [0.717, 1.165) is 20.0 Å². The summed E-state index contributed by atoms with van der Waals surface area (Å²) < 4.78 is 27.2. The van der Waals surface area contributed by atoms with Crippen LogP contribution in [-0.2, 0) is 15.5 Å². The van der Waals surface area contributed by atoms with Crippen molar-refractivity contribution < 1.29 is 23.6 Å². The lowest BCUT2D eigenvalue weighted by Gasteiger charge is -2.20. The molecule has 0 heterocycles. The zero-order valence-corrected chi connectivity index (χ0v) is 12.1. The molecule has 0 fully saturated rings. The standard InChI is InChI=1S/C14H18F2N2O3/c1-4-14(15,16)10-6-5-7-11(8-10)17-13(20)12(9(2)19)18(3)21/h5-8,12,21H,4H2,1-3H3,(H,17,20). The average molecular weight is 300 g/mol. The first-order chi connectivity index (χ1) is 9.69. The lowest BCUT2D eigenvalue weighted by Crippen LogP contribution is -2.45. The lowest BCUT2D eigenvalue weighted by molar-refractivity contribution is -0.152. The second-order valence-corrected chi connectivity index (χ2v) is 4.71. The van der Waals surface area contributed by atoms with Crippen LogP contribution in [0.15, 0.2) is 24.3 Å². The molecule has 0 aromatic heterocycles. The van der Waals surface area contributed by atoms with Crippen molar-refractivity contribution in [3.63, 3.8) is 0 Å². The molecule has 0 aliphatic carbocycles. The molecule has 1 aromatic carbocycles. The van der Waals surface area contributed by atoms with Gasteiger partial charge in [-0.25, -0.2) is 8.78 Å². The number of anilines is 1. The summed E-state index contributed by atoms with van der Waals surface area (Å²) >= 11 is 0. The van der Waals surface area contributed by atoms with Crippen molar-refractivity contribution in [2.45, 2.75) is 32.2 Å². The summed E-state index contributed by atoms with van der Waals surface area (Å²) in [7, 11) is 1.16. The molecule has 116 valence electrons. The molecule has 5 nitrogen and oxygen atoms in total. The van der Waals surface area contributed by atoms with E-state index in [2.05, 4.69) is 5.32 Å². The number of nitrogens with zero attached hydrogens (tertiary/aromatic N) is 1. The smallest absolute Gasteiger partial charge is 0.273 e. The van der Waals surface area contributed by atoms with Crippen LogP contribution in [0.4, 0.5) is 14.5 Å². The Morgan fingerprint density at radius 3 is 2.52 bits per heavy atom. The average Bonchev–Trinajstić information content (AvgIpc) is 2.38. The van der Waals surface area contributed by atoms with E-state index in [1.807, 2.05) is 0 Å². The van der Waals surface area contributed by atoms with Crippen LogP contribution < -0.4 is 5.32 Å². The lowest BCUT2D eigenvalue weighted by atomic mass is 10.1. The van der Waals surface area contributed by atoms with Crippen molar-refractivity contribution in [1.29, 1.82) is 0 Å². The third kappa shape index (κ3) is 4.30. The molecule has 1 rings (SSSR count). The minimum Gasteiger partial charge on any atom is -0.324 e. The zero-order valence-electron chi connectivity index (χ0n) is 12.1. The van der Waals surface area contributed by atoms with Crippen LogP contribution in [0.1, 0.15) is 25.8 Å². The van der Waals surface area contributed by atoms with Gasteiger partial charge in [-0.2, -0.15) is 5.06 Å². The highest BCUT2D eigenvalue weighted by Gasteiger charge is 2.30. The molecule has 0 radical (unpaired) electrons. The Labute approximate surface area is 121 Å². The fourth-order valence-electron chi connectivity index (χ4n) is 1.86. The Bertz CT molecular complexity index is 533. The third-order valence-corrected chi connectivity index (χ3v) is 3.00. The molecule has 0 aliphatic rings. The summed E-state index contributed by atoms with van der Waals surface area (Å²) in [6.45, 7) is 2.51. The molecule has 0 saturated heterocycles. The molecule has 1 aromatic rings.